The van der Waals surface area contributed by atoms with Gasteiger partial charge in [0.1, 0.15) is 0 Å². The van der Waals surface area contributed by atoms with Gasteiger partial charge in [-0.25, -0.2) is 4.98 Å². The zero-order chi connectivity index (χ0) is 20.3. The van der Waals surface area contributed by atoms with E-state index in [4.69, 9.17) is 4.98 Å². The number of benzene rings is 2. The average Bonchev–Trinajstić information content (AvgIpc) is 3.03. The summed E-state index contributed by atoms with van der Waals surface area (Å²) in [6.45, 7) is 4.13. The standard InChI is InChI=1S/C22H20N4O3/c1-22(2)11-15-19(18(27)12-22)20(13-7-3-5-9-16(13)26(28)29)25-17-10-6-4-8-14(17)23-21(25)24-15/h3-10,20H,11-12H2,1-2H3,(H,23,24)/t20-/m0/s1. The molecule has 0 saturated heterocycles. The first-order valence-corrected chi connectivity index (χ1v) is 9.59. The molecule has 29 heavy (non-hydrogen) atoms. The number of imidazole rings is 1. The highest BCUT2D eigenvalue weighted by atomic mass is 16.6. The van der Waals surface area contributed by atoms with E-state index in [0.29, 0.717) is 29.9 Å². The highest BCUT2D eigenvalue weighted by Crippen LogP contribution is 2.48. The molecule has 1 atom stereocenters. The lowest BCUT2D eigenvalue weighted by Crippen LogP contribution is -2.36. The summed E-state index contributed by atoms with van der Waals surface area (Å²) < 4.78 is 1.92. The molecule has 7 nitrogen and oxygen atoms in total. The minimum atomic E-state index is -0.584. The van der Waals surface area contributed by atoms with Crippen molar-refractivity contribution in [3.8, 4) is 0 Å². The SMILES string of the molecule is CC1(C)CC(=O)C2=C(C1)Nc1nc3ccccc3n1[C@H]2c1ccccc1[N+](=O)[O-]. The topological polar surface area (TPSA) is 90.1 Å². The normalized spacial score (nSPS) is 20.2. The summed E-state index contributed by atoms with van der Waals surface area (Å²) in [5.41, 5.74) is 3.38. The second-order valence-corrected chi connectivity index (χ2v) is 8.47. The summed E-state index contributed by atoms with van der Waals surface area (Å²) in [6, 6.07) is 13.7. The molecular weight excluding hydrogens is 368 g/mol. The molecule has 5 rings (SSSR count). The molecule has 2 heterocycles. The molecule has 1 aliphatic carbocycles. The van der Waals surface area contributed by atoms with Crippen LogP contribution >= 0.6 is 0 Å². The smallest absolute Gasteiger partial charge is 0.275 e. The highest BCUT2D eigenvalue weighted by molar-refractivity contribution is 6.01. The van der Waals surface area contributed by atoms with Crippen LogP contribution in [0, 0.1) is 15.5 Å². The van der Waals surface area contributed by atoms with Crippen LogP contribution in [0.1, 0.15) is 38.3 Å². The number of para-hydroxylation sites is 3. The number of allylic oxidation sites excluding steroid dienone is 2. The van der Waals surface area contributed by atoms with Crippen molar-refractivity contribution in [2.24, 2.45) is 5.41 Å². The number of carbonyl (C=O) groups is 1. The number of nitro groups is 1. The van der Waals surface area contributed by atoms with Crippen molar-refractivity contribution in [3.05, 3.63) is 75.5 Å². The number of hydrogen-bond donors (Lipinski definition) is 1. The van der Waals surface area contributed by atoms with Gasteiger partial charge in [-0.3, -0.25) is 19.5 Å². The van der Waals surface area contributed by atoms with Gasteiger partial charge < -0.3 is 5.32 Å². The third-order valence-electron chi connectivity index (χ3n) is 5.74. The minimum Gasteiger partial charge on any atom is -0.329 e. The molecule has 0 spiro atoms. The first-order chi connectivity index (χ1) is 13.9. The number of anilines is 1. The van der Waals surface area contributed by atoms with E-state index in [1.54, 1.807) is 18.2 Å². The van der Waals surface area contributed by atoms with Crippen molar-refractivity contribution in [3.63, 3.8) is 0 Å². The summed E-state index contributed by atoms with van der Waals surface area (Å²) in [6.07, 6.45) is 1.10. The number of Topliss-reactive ketones (excluding diaryl/α,β-unsaturated/α-hetero) is 1. The number of aromatic nitrogens is 2. The number of carbonyl (C=O) groups excluding carboxylic acids is 1. The number of ketones is 1. The van der Waals surface area contributed by atoms with Crippen LogP contribution in [-0.4, -0.2) is 20.3 Å². The third-order valence-corrected chi connectivity index (χ3v) is 5.74. The van der Waals surface area contributed by atoms with E-state index < -0.39 is 6.04 Å². The Morgan fingerprint density at radius 1 is 1.14 bits per heavy atom. The molecule has 0 saturated carbocycles. The summed E-state index contributed by atoms with van der Waals surface area (Å²) in [5, 5.41) is 15.2. The highest BCUT2D eigenvalue weighted by Gasteiger charge is 2.43. The molecule has 2 aliphatic rings. The number of hydrogen-bond acceptors (Lipinski definition) is 5. The van der Waals surface area contributed by atoms with Crippen molar-refractivity contribution < 1.29 is 9.72 Å². The maximum atomic E-state index is 13.3. The summed E-state index contributed by atoms with van der Waals surface area (Å²) in [4.78, 5) is 29.4. The number of nitro benzene ring substituents is 1. The molecule has 7 heteroatoms. The van der Waals surface area contributed by atoms with Crippen LogP contribution in [0.25, 0.3) is 11.0 Å². The molecule has 1 aliphatic heterocycles. The van der Waals surface area contributed by atoms with Gasteiger partial charge in [-0.1, -0.05) is 38.1 Å². The molecule has 1 aromatic heterocycles. The Labute approximate surface area is 167 Å². The van der Waals surface area contributed by atoms with Crippen LogP contribution in [0.3, 0.4) is 0 Å². The quantitative estimate of drug-likeness (QED) is 0.512. The Hall–Kier alpha value is -3.48. The zero-order valence-electron chi connectivity index (χ0n) is 16.2. The van der Waals surface area contributed by atoms with Gasteiger partial charge in [0.05, 0.1) is 27.6 Å². The van der Waals surface area contributed by atoms with Crippen molar-refractivity contribution in [2.45, 2.75) is 32.7 Å². The Bertz CT molecular complexity index is 1220. The lowest BCUT2D eigenvalue weighted by molar-refractivity contribution is -0.385. The van der Waals surface area contributed by atoms with Gasteiger partial charge >= 0.3 is 0 Å². The van der Waals surface area contributed by atoms with Crippen molar-refractivity contribution in [1.29, 1.82) is 0 Å². The maximum Gasteiger partial charge on any atom is 0.275 e. The largest absolute Gasteiger partial charge is 0.329 e. The molecule has 146 valence electrons. The monoisotopic (exact) mass is 388 g/mol. The fourth-order valence-corrected chi connectivity index (χ4v) is 4.60. The van der Waals surface area contributed by atoms with Crippen LogP contribution in [0.5, 0.6) is 0 Å². The van der Waals surface area contributed by atoms with Crippen LogP contribution in [0.15, 0.2) is 59.8 Å². The minimum absolute atomic E-state index is 0.00705. The van der Waals surface area contributed by atoms with Gasteiger partial charge in [-0.15, -0.1) is 0 Å². The van der Waals surface area contributed by atoms with Crippen molar-refractivity contribution in [2.75, 3.05) is 5.32 Å². The number of nitrogens with zero attached hydrogens (tertiary/aromatic N) is 3. The maximum absolute atomic E-state index is 13.3. The first-order valence-electron chi connectivity index (χ1n) is 9.59. The molecule has 2 aromatic carbocycles. The Morgan fingerprint density at radius 3 is 2.66 bits per heavy atom. The van der Waals surface area contributed by atoms with Gasteiger partial charge in [-0.2, -0.15) is 0 Å². The molecule has 0 bridgehead atoms. The first kappa shape index (κ1) is 17.6. The second-order valence-electron chi connectivity index (χ2n) is 8.47. The van der Waals surface area contributed by atoms with E-state index in [2.05, 4.69) is 19.2 Å². The fraction of sp³-hybridized carbons (Fsp3) is 0.273. The van der Waals surface area contributed by atoms with Gasteiger partial charge in [0.25, 0.3) is 5.69 Å². The lowest BCUT2D eigenvalue weighted by atomic mass is 9.73. The summed E-state index contributed by atoms with van der Waals surface area (Å²) in [5.74, 6) is 0.633. The number of rotatable bonds is 2. The van der Waals surface area contributed by atoms with Gasteiger partial charge in [0.2, 0.25) is 5.95 Å². The Morgan fingerprint density at radius 2 is 1.86 bits per heavy atom. The molecule has 0 unspecified atom stereocenters. The summed E-state index contributed by atoms with van der Waals surface area (Å²) >= 11 is 0. The van der Waals surface area contributed by atoms with E-state index in [1.807, 2.05) is 28.8 Å². The van der Waals surface area contributed by atoms with Gasteiger partial charge in [0.15, 0.2) is 5.78 Å². The van der Waals surface area contributed by atoms with Crippen LogP contribution < -0.4 is 5.32 Å². The molecule has 0 fully saturated rings. The predicted molar refractivity (Wildman–Crippen MR) is 110 cm³/mol. The lowest BCUT2D eigenvalue weighted by Gasteiger charge is -2.39. The molecule has 0 amide bonds. The molecule has 3 aromatic rings. The third kappa shape index (κ3) is 2.65. The van der Waals surface area contributed by atoms with E-state index in [-0.39, 0.29) is 21.8 Å². The molecule has 1 N–H and O–H groups in total. The molecular formula is C22H20N4O3. The van der Waals surface area contributed by atoms with Crippen molar-refractivity contribution in [1.82, 2.24) is 9.55 Å². The van der Waals surface area contributed by atoms with E-state index in [1.165, 1.54) is 6.07 Å². The van der Waals surface area contributed by atoms with Crippen molar-refractivity contribution >= 4 is 28.5 Å². The Balaban J connectivity index is 1.84. The van der Waals surface area contributed by atoms with E-state index in [0.717, 1.165) is 16.7 Å². The van der Waals surface area contributed by atoms with Crippen LogP contribution in [-0.2, 0) is 4.79 Å². The zero-order valence-corrected chi connectivity index (χ0v) is 16.2. The van der Waals surface area contributed by atoms with E-state index in [9.17, 15) is 14.9 Å². The number of nitrogens with one attached hydrogen (secondary N) is 1. The van der Waals surface area contributed by atoms with Gasteiger partial charge in [0, 0.05) is 23.8 Å². The Kier molecular flexibility index (Phi) is 3.65. The number of fused-ring (bicyclic) bond motifs is 3. The van der Waals surface area contributed by atoms with Crippen LogP contribution in [0.2, 0.25) is 0 Å². The predicted octanol–water partition coefficient (Wildman–Crippen LogP) is 4.60. The fourth-order valence-electron chi connectivity index (χ4n) is 4.60. The second kappa shape index (κ2) is 6.01. The average molecular weight is 388 g/mol. The summed E-state index contributed by atoms with van der Waals surface area (Å²) in [7, 11) is 0. The molecule has 0 radical (unpaired) electrons. The van der Waals surface area contributed by atoms with Crippen LogP contribution in [0.4, 0.5) is 11.6 Å². The van der Waals surface area contributed by atoms with E-state index >= 15 is 0 Å². The van der Waals surface area contributed by atoms with Gasteiger partial charge in [-0.05, 0) is 30.0 Å².